The van der Waals surface area contributed by atoms with Gasteiger partial charge in [0.15, 0.2) is 6.61 Å². The summed E-state index contributed by atoms with van der Waals surface area (Å²) in [5.41, 5.74) is 1.33. The molecule has 2 rings (SSSR count). The van der Waals surface area contributed by atoms with Crippen LogP contribution in [0.15, 0.2) is 48.5 Å². The Hall–Kier alpha value is -2.25. The van der Waals surface area contributed by atoms with E-state index in [0.717, 1.165) is 24.7 Å². The molecule has 8 heteroatoms. The first-order chi connectivity index (χ1) is 13.7. The fraction of sp³-hybridized carbons (Fsp3) is 0.381. The number of halogens is 1. The highest BCUT2D eigenvalue weighted by Crippen LogP contribution is 2.24. The van der Waals surface area contributed by atoms with E-state index < -0.39 is 10.0 Å². The second-order valence-corrected chi connectivity index (χ2v) is 9.28. The van der Waals surface area contributed by atoms with Crippen molar-refractivity contribution in [3.8, 4) is 5.75 Å². The number of nitrogens with one attached hydrogen (secondary N) is 1. The van der Waals surface area contributed by atoms with Gasteiger partial charge in [-0.15, -0.1) is 0 Å². The molecule has 1 amide bonds. The first-order valence-electron chi connectivity index (χ1n) is 9.43. The van der Waals surface area contributed by atoms with Crippen molar-refractivity contribution >= 4 is 33.2 Å². The highest BCUT2D eigenvalue weighted by atomic mass is 35.5. The van der Waals surface area contributed by atoms with Gasteiger partial charge in [-0.25, -0.2) is 8.42 Å². The molecule has 6 nitrogen and oxygen atoms in total. The summed E-state index contributed by atoms with van der Waals surface area (Å²) in [5, 5.41) is 3.46. The van der Waals surface area contributed by atoms with Crippen molar-refractivity contribution < 1.29 is 17.9 Å². The Morgan fingerprint density at radius 1 is 1.14 bits per heavy atom. The van der Waals surface area contributed by atoms with Gasteiger partial charge in [-0.3, -0.25) is 9.10 Å². The number of rotatable bonds is 10. The maximum atomic E-state index is 12.3. The molecule has 29 heavy (non-hydrogen) atoms. The lowest BCUT2D eigenvalue weighted by Crippen LogP contribution is -2.35. The number of hydrogen-bond acceptors (Lipinski definition) is 4. The molecule has 1 N–H and O–H groups in total. The first-order valence-corrected chi connectivity index (χ1v) is 11.7. The third kappa shape index (κ3) is 7.59. The van der Waals surface area contributed by atoms with Crippen LogP contribution in [-0.4, -0.2) is 33.2 Å². The molecule has 0 radical (unpaired) electrons. The molecule has 0 aliphatic rings. The third-order valence-electron chi connectivity index (χ3n) is 4.26. The summed E-state index contributed by atoms with van der Waals surface area (Å²) in [6.45, 7) is 4.12. The molecule has 2 aromatic rings. The van der Waals surface area contributed by atoms with Gasteiger partial charge in [0.2, 0.25) is 10.0 Å². The Morgan fingerprint density at radius 3 is 2.31 bits per heavy atom. The Kier molecular flexibility index (Phi) is 8.34. The number of anilines is 1. The van der Waals surface area contributed by atoms with Crippen LogP contribution >= 0.6 is 11.6 Å². The second kappa shape index (κ2) is 10.5. The molecule has 0 aliphatic heterocycles. The fourth-order valence-electron chi connectivity index (χ4n) is 2.83. The highest BCUT2D eigenvalue weighted by Gasteiger charge is 2.18. The van der Waals surface area contributed by atoms with Gasteiger partial charge in [-0.2, -0.15) is 0 Å². The maximum absolute atomic E-state index is 12.3. The van der Waals surface area contributed by atoms with Crippen LogP contribution in [0, 0.1) is 0 Å². The molecular formula is C21H27ClN2O4S. The smallest absolute Gasteiger partial charge is 0.258 e. The third-order valence-corrected chi connectivity index (χ3v) is 5.66. The van der Waals surface area contributed by atoms with Crippen LogP contribution in [0.5, 0.6) is 5.75 Å². The van der Waals surface area contributed by atoms with Gasteiger partial charge < -0.3 is 10.1 Å². The minimum atomic E-state index is -3.49. The van der Waals surface area contributed by atoms with Crippen LogP contribution < -0.4 is 14.4 Å². The molecule has 158 valence electrons. The van der Waals surface area contributed by atoms with Gasteiger partial charge in [0.1, 0.15) is 5.75 Å². The van der Waals surface area contributed by atoms with Crippen molar-refractivity contribution in [3.63, 3.8) is 0 Å². The first kappa shape index (κ1) is 23.0. The van der Waals surface area contributed by atoms with E-state index in [-0.39, 0.29) is 25.1 Å². The molecule has 0 bridgehead atoms. The quantitative estimate of drug-likeness (QED) is 0.608. The Labute approximate surface area is 177 Å². The van der Waals surface area contributed by atoms with E-state index in [9.17, 15) is 13.2 Å². The van der Waals surface area contributed by atoms with Gasteiger partial charge in [-0.05, 0) is 55.3 Å². The van der Waals surface area contributed by atoms with Crippen molar-refractivity contribution in [1.29, 1.82) is 0 Å². The number of carbonyl (C=O) groups excluding carboxylic acids is 1. The van der Waals surface area contributed by atoms with Crippen LogP contribution in [0.2, 0.25) is 5.02 Å². The molecular weight excluding hydrogens is 412 g/mol. The fourth-order valence-corrected chi connectivity index (χ4v) is 3.85. The zero-order valence-electron chi connectivity index (χ0n) is 16.9. The zero-order chi connectivity index (χ0) is 21.4. The van der Waals surface area contributed by atoms with Crippen LogP contribution in [0.25, 0.3) is 0 Å². The predicted octanol–water partition coefficient (Wildman–Crippen LogP) is 3.99. The van der Waals surface area contributed by atoms with Gasteiger partial charge >= 0.3 is 0 Å². The topological polar surface area (TPSA) is 75.7 Å². The van der Waals surface area contributed by atoms with Crippen LogP contribution in [0.1, 0.15) is 32.3 Å². The van der Waals surface area contributed by atoms with E-state index in [2.05, 4.69) is 12.2 Å². The summed E-state index contributed by atoms with van der Waals surface area (Å²) in [5.74, 6) is 0.308. The van der Waals surface area contributed by atoms with Gasteiger partial charge in [0, 0.05) is 11.1 Å². The van der Waals surface area contributed by atoms with E-state index in [0.29, 0.717) is 16.5 Å². The molecule has 0 aromatic heterocycles. The van der Waals surface area contributed by atoms with E-state index in [1.54, 1.807) is 48.5 Å². The molecule has 1 unspecified atom stereocenters. The molecule has 0 saturated heterocycles. The summed E-state index contributed by atoms with van der Waals surface area (Å²) in [4.78, 5) is 11.9. The average molecular weight is 439 g/mol. The molecule has 1 atom stereocenters. The zero-order valence-corrected chi connectivity index (χ0v) is 18.5. The minimum absolute atomic E-state index is 0.0893. The van der Waals surface area contributed by atoms with Gasteiger partial charge in [-0.1, -0.05) is 37.1 Å². The van der Waals surface area contributed by atoms with E-state index in [4.69, 9.17) is 16.3 Å². The van der Waals surface area contributed by atoms with Crippen LogP contribution in [0.4, 0.5) is 5.69 Å². The monoisotopic (exact) mass is 438 g/mol. The number of nitrogens with zero attached hydrogens (tertiary/aromatic N) is 1. The highest BCUT2D eigenvalue weighted by molar-refractivity contribution is 7.92. The number of sulfonamides is 1. The normalized spacial score (nSPS) is 12.3. The summed E-state index contributed by atoms with van der Waals surface area (Å²) in [6, 6.07) is 13.7. The lowest BCUT2D eigenvalue weighted by Gasteiger charge is -2.23. The van der Waals surface area contributed by atoms with E-state index >= 15 is 0 Å². The van der Waals surface area contributed by atoms with Gasteiger partial charge in [0.25, 0.3) is 5.91 Å². The molecule has 0 fully saturated rings. The van der Waals surface area contributed by atoms with Crippen LogP contribution in [0.3, 0.4) is 0 Å². The summed E-state index contributed by atoms with van der Waals surface area (Å²) in [7, 11) is -3.49. The average Bonchev–Trinajstić information content (AvgIpc) is 2.65. The standard InChI is InChI=1S/C21H27ClN2O4S/c1-4-5-16(2)23-21(25)15-28-20-12-10-19(11-13-20)24(29(3,26)27)14-17-6-8-18(22)9-7-17/h6-13,16H,4-5,14-15H2,1-3H3,(H,23,25). The second-order valence-electron chi connectivity index (χ2n) is 6.94. The van der Waals surface area contributed by atoms with Crippen LogP contribution in [-0.2, 0) is 21.4 Å². The number of benzene rings is 2. The van der Waals surface area contributed by atoms with Crippen molar-refractivity contribution in [2.75, 3.05) is 17.2 Å². The van der Waals surface area contributed by atoms with Gasteiger partial charge in [0.05, 0.1) is 18.5 Å². The summed E-state index contributed by atoms with van der Waals surface area (Å²) in [6.07, 6.45) is 3.07. The lowest BCUT2D eigenvalue weighted by molar-refractivity contribution is -0.123. The Morgan fingerprint density at radius 2 is 1.76 bits per heavy atom. The lowest BCUT2D eigenvalue weighted by atomic mass is 10.2. The Balaban J connectivity index is 2.03. The predicted molar refractivity (Wildman–Crippen MR) is 117 cm³/mol. The number of ether oxygens (including phenoxy) is 1. The molecule has 0 saturated carbocycles. The van der Waals surface area contributed by atoms with Crippen molar-refractivity contribution in [2.24, 2.45) is 0 Å². The van der Waals surface area contributed by atoms with E-state index in [1.807, 2.05) is 6.92 Å². The Bertz CT molecular complexity index is 899. The number of amides is 1. The van der Waals surface area contributed by atoms with Crippen molar-refractivity contribution in [1.82, 2.24) is 5.32 Å². The molecule has 0 aliphatic carbocycles. The van der Waals surface area contributed by atoms with E-state index in [1.165, 1.54) is 4.31 Å². The molecule has 2 aromatic carbocycles. The summed E-state index contributed by atoms with van der Waals surface area (Å²) >= 11 is 5.89. The van der Waals surface area contributed by atoms with Crippen molar-refractivity contribution in [3.05, 3.63) is 59.1 Å². The maximum Gasteiger partial charge on any atom is 0.258 e. The molecule has 0 spiro atoms. The van der Waals surface area contributed by atoms with Crippen molar-refractivity contribution in [2.45, 2.75) is 39.3 Å². The largest absolute Gasteiger partial charge is 0.484 e. The minimum Gasteiger partial charge on any atom is -0.484 e. The molecule has 0 heterocycles. The summed E-state index contributed by atoms with van der Waals surface area (Å²) < 4.78 is 31.4. The number of hydrogen-bond donors (Lipinski definition) is 1. The SMILES string of the molecule is CCCC(C)NC(=O)COc1ccc(N(Cc2ccc(Cl)cc2)S(C)(=O)=O)cc1. The number of carbonyl (C=O) groups is 1.